The summed E-state index contributed by atoms with van der Waals surface area (Å²) in [7, 11) is 0. The van der Waals surface area contributed by atoms with Gasteiger partial charge in [0.2, 0.25) is 0 Å². The number of rotatable bonds is 5. The fourth-order valence-corrected chi connectivity index (χ4v) is 2.93. The molecule has 1 aromatic rings. The number of likely N-dealkylation sites (N-methyl/N-ethyl adjacent to an activating group) is 1. The molecular weight excluding hydrogens is 290 g/mol. The topological polar surface area (TPSA) is 67.6 Å². The van der Waals surface area contributed by atoms with Crippen LogP contribution in [0.5, 0.6) is 0 Å². The highest BCUT2D eigenvalue weighted by atomic mass is 16.6. The fourth-order valence-electron chi connectivity index (χ4n) is 2.93. The van der Waals surface area contributed by atoms with Crippen LogP contribution in [0.2, 0.25) is 0 Å². The predicted octanol–water partition coefficient (Wildman–Crippen LogP) is 2.64. The normalized spacial score (nSPS) is 15.3. The molecule has 1 heterocycles. The molecule has 1 unspecified atom stereocenters. The van der Waals surface area contributed by atoms with E-state index in [2.05, 4.69) is 35.3 Å². The van der Waals surface area contributed by atoms with Crippen LogP contribution in [0.3, 0.4) is 0 Å². The molecule has 1 aliphatic rings. The van der Waals surface area contributed by atoms with Crippen molar-refractivity contribution in [2.24, 2.45) is 5.73 Å². The van der Waals surface area contributed by atoms with Crippen molar-refractivity contribution in [1.29, 1.82) is 0 Å². The first-order valence-corrected chi connectivity index (χ1v) is 8.38. The number of benzene rings is 1. The molecule has 1 aliphatic heterocycles. The minimum absolute atomic E-state index is 0.100. The lowest BCUT2D eigenvalue weighted by molar-refractivity contribution is 0.0525. The molecule has 0 aromatic heterocycles. The predicted molar refractivity (Wildman–Crippen MR) is 94.1 cm³/mol. The monoisotopic (exact) mass is 319 g/mol. The van der Waals surface area contributed by atoms with Crippen LogP contribution in [-0.4, -0.2) is 37.9 Å². The number of anilines is 1. The SMILES string of the molecule is CCN1CCc2cc(C(CN)CNC(=O)OC(C)(C)C)ccc21. The summed E-state index contributed by atoms with van der Waals surface area (Å²) >= 11 is 0. The number of ether oxygens (including phenoxy) is 1. The van der Waals surface area contributed by atoms with Gasteiger partial charge in [-0.1, -0.05) is 12.1 Å². The largest absolute Gasteiger partial charge is 0.444 e. The van der Waals surface area contributed by atoms with Crippen LogP contribution >= 0.6 is 0 Å². The quantitative estimate of drug-likeness (QED) is 0.875. The van der Waals surface area contributed by atoms with Gasteiger partial charge in [0.25, 0.3) is 0 Å². The second-order valence-electron chi connectivity index (χ2n) is 7.03. The molecule has 0 saturated carbocycles. The van der Waals surface area contributed by atoms with Gasteiger partial charge in [0, 0.05) is 37.8 Å². The molecule has 0 saturated heterocycles. The summed E-state index contributed by atoms with van der Waals surface area (Å²) < 4.78 is 5.27. The van der Waals surface area contributed by atoms with E-state index in [1.54, 1.807) is 0 Å². The molecule has 1 aromatic carbocycles. The summed E-state index contributed by atoms with van der Waals surface area (Å²) in [6.07, 6.45) is 0.683. The number of nitrogens with one attached hydrogen (secondary N) is 1. The first-order valence-electron chi connectivity index (χ1n) is 8.38. The number of carbonyl (C=O) groups is 1. The molecule has 0 aliphatic carbocycles. The van der Waals surface area contributed by atoms with E-state index in [-0.39, 0.29) is 5.92 Å². The third-order valence-corrected chi connectivity index (χ3v) is 4.12. The second-order valence-corrected chi connectivity index (χ2v) is 7.03. The minimum Gasteiger partial charge on any atom is -0.444 e. The van der Waals surface area contributed by atoms with Crippen molar-refractivity contribution >= 4 is 11.8 Å². The van der Waals surface area contributed by atoms with Gasteiger partial charge < -0.3 is 20.7 Å². The lowest BCUT2D eigenvalue weighted by Crippen LogP contribution is -2.36. The van der Waals surface area contributed by atoms with E-state index < -0.39 is 11.7 Å². The second kappa shape index (κ2) is 7.21. The Hall–Kier alpha value is -1.75. The summed E-state index contributed by atoms with van der Waals surface area (Å²) in [6.45, 7) is 10.8. The molecular formula is C18H29N3O2. The van der Waals surface area contributed by atoms with Crippen molar-refractivity contribution in [3.05, 3.63) is 29.3 Å². The van der Waals surface area contributed by atoms with Gasteiger partial charge in [-0.2, -0.15) is 0 Å². The van der Waals surface area contributed by atoms with Crippen LogP contribution in [0.25, 0.3) is 0 Å². The molecule has 1 amide bonds. The third kappa shape index (κ3) is 4.61. The zero-order chi connectivity index (χ0) is 17.0. The summed E-state index contributed by atoms with van der Waals surface area (Å²) in [5.41, 5.74) is 9.31. The first-order chi connectivity index (χ1) is 10.8. The minimum atomic E-state index is -0.487. The highest BCUT2D eigenvalue weighted by Gasteiger charge is 2.21. The Morgan fingerprint density at radius 1 is 1.43 bits per heavy atom. The Kier molecular flexibility index (Phi) is 5.52. The highest BCUT2D eigenvalue weighted by Crippen LogP contribution is 2.30. The van der Waals surface area contributed by atoms with Crippen LogP contribution in [0, 0.1) is 0 Å². The van der Waals surface area contributed by atoms with Gasteiger partial charge in [0.1, 0.15) is 5.60 Å². The average molecular weight is 319 g/mol. The fraction of sp³-hybridized carbons (Fsp3) is 0.611. The Morgan fingerprint density at radius 2 is 2.17 bits per heavy atom. The smallest absolute Gasteiger partial charge is 0.407 e. The van der Waals surface area contributed by atoms with Gasteiger partial charge in [-0.05, 0) is 51.3 Å². The average Bonchev–Trinajstić information content (AvgIpc) is 2.88. The number of nitrogens with zero attached hydrogens (tertiary/aromatic N) is 1. The summed E-state index contributed by atoms with van der Waals surface area (Å²) in [6, 6.07) is 6.54. The van der Waals surface area contributed by atoms with Gasteiger partial charge in [-0.3, -0.25) is 0 Å². The van der Waals surface area contributed by atoms with E-state index in [1.807, 2.05) is 20.8 Å². The van der Waals surface area contributed by atoms with Gasteiger partial charge in [0.05, 0.1) is 0 Å². The van der Waals surface area contributed by atoms with Crippen LogP contribution in [-0.2, 0) is 11.2 Å². The van der Waals surface area contributed by atoms with Gasteiger partial charge >= 0.3 is 6.09 Å². The molecule has 0 bridgehead atoms. The van der Waals surface area contributed by atoms with E-state index in [1.165, 1.54) is 16.8 Å². The number of alkyl carbamates (subject to hydrolysis) is 1. The standard InChI is InChI=1S/C18H29N3O2/c1-5-21-9-8-14-10-13(6-7-16(14)21)15(11-19)12-20-17(22)23-18(2,3)4/h6-7,10,15H,5,8-9,11-12,19H2,1-4H3,(H,20,22). The zero-order valence-corrected chi connectivity index (χ0v) is 14.7. The highest BCUT2D eigenvalue weighted by molar-refractivity contribution is 5.67. The maximum Gasteiger partial charge on any atom is 0.407 e. The van der Waals surface area contributed by atoms with E-state index in [9.17, 15) is 4.79 Å². The summed E-state index contributed by atoms with van der Waals surface area (Å²) in [5.74, 6) is 0.100. The molecule has 0 radical (unpaired) electrons. The molecule has 0 spiro atoms. The molecule has 2 rings (SSSR count). The number of fused-ring (bicyclic) bond motifs is 1. The molecule has 5 heteroatoms. The first kappa shape index (κ1) is 17.6. The Morgan fingerprint density at radius 3 is 2.78 bits per heavy atom. The Bertz CT molecular complexity index is 552. The van der Waals surface area contributed by atoms with E-state index in [0.717, 1.165) is 19.5 Å². The molecule has 5 nitrogen and oxygen atoms in total. The lowest BCUT2D eigenvalue weighted by Gasteiger charge is -2.22. The van der Waals surface area contributed by atoms with Crippen molar-refractivity contribution in [3.8, 4) is 0 Å². The maximum absolute atomic E-state index is 11.8. The van der Waals surface area contributed by atoms with E-state index >= 15 is 0 Å². The van der Waals surface area contributed by atoms with E-state index in [0.29, 0.717) is 13.1 Å². The Balaban J connectivity index is 2.00. The van der Waals surface area contributed by atoms with Crippen LogP contribution < -0.4 is 16.0 Å². The molecule has 3 N–H and O–H groups in total. The summed E-state index contributed by atoms with van der Waals surface area (Å²) in [5, 5.41) is 2.82. The molecule has 128 valence electrons. The van der Waals surface area contributed by atoms with Crippen molar-refractivity contribution in [2.45, 2.75) is 45.6 Å². The van der Waals surface area contributed by atoms with Crippen LogP contribution in [0.15, 0.2) is 18.2 Å². The number of amides is 1. The van der Waals surface area contributed by atoms with Crippen molar-refractivity contribution in [2.75, 3.05) is 31.1 Å². The number of hydrogen-bond acceptors (Lipinski definition) is 4. The molecule has 23 heavy (non-hydrogen) atoms. The van der Waals surface area contributed by atoms with E-state index in [4.69, 9.17) is 10.5 Å². The third-order valence-electron chi connectivity index (χ3n) is 4.12. The van der Waals surface area contributed by atoms with Crippen molar-refractivity contribution < 1.29 is 9.53 Å². The van der Waals surface area contributed by atoms with Crippen molar-refractivity contribution in [3.63, 3.8) is 0 Å². The van der Waals surface area contributed by atoms with Crippen LogP contribution in [0.1, 0.15) is 44.7 Å². The number of nitrogens with two attached hydrogens (primary N) is 1. The Labute approximate surface area is 139 Å². The molecule has 1 atom stereocenters. The van der Waals surface area contributed by atoms with Gasteiger partial charge in [-0.25, -0.2) is 4.79 Å². The van der Waals surface area contributed by atoms with Crippen molar-refractivity contribution in [1.82, 2.24) is 5.32 Å². The number of hydrogen-bond donors (Lipinski definition) is 2. The van der Waals surface area contributed by atoms with Gasteiger partial charge in [-0.15, -0.1) is 0 Å². The summed E-state index contributed by atoms with van der Waals surface area (Å²) in [4.78, 5) is 14.2. The molecule has 0 fully saturated rings. The zero-order valence-electron chi connectivity index (χ0n) is 14.7. The van der Waals surface area contributed by atoms with Gasteiger partial charge in [0.15, 0.2) is 0 Å². The maximum atomic E-state index is 11.8. The number of carbonyl (C=O) groups excluding carboxylic acids is 1. The lowest BCUT2D eigenvalue weighted by atomic mass is 9.96. The van der Waals surface area contributed by atoms with Crippen LogP contribution in [0.4, 0.5) is 10.5 Å².